The number of benzene rings is 1. The standard InChI is InChI=1S/C18H26N2O2S/c1-14(16-8-5-11-22-16)19-18(21)17(15-6-3-2-4-7-15)20-9-12-23-13-10-20/h2-4,6-7,14,16-17H,5,8-13H2,1H3,(H,19,21). The van der Waals surface area contributed by atoms with Gasteiger partial charge < -0.3 is 10.1 Å². The van der Waals surface area contributed by atoms with Crippen molar-refractivity contribution < 1.29 is 9.53 Å². The number of nitrogens with one attached hydrogen (secondary N) is 1. The zero-order valence-corrected chi connectivity index (χ0v) is 14.6. The highest BCUT2D eigenvalue weighted by atomic mass is 32.2. The van der Waals surface area contributed by atoms with Crippen molar-refractivity contribution in [2.75, 3.05) is 31.2 Å². The van der Waals surface area contributed by atoms with E-state index in [1.807, 2.05) is 30.0 Å². The van der Waals surface area contributed by atoms with E-state index >= 15 is 0 Å². The summed E-state index contributed by atoms with van der Waals surface area (Å²) in [7, 11) is 0. The van der Waals surface area contributed by atoms with Gasteiger partial charge in [-0.1, -0.05) is 30.3 Å². The predicted molar refractivity (Wildman–Crippen MR) is 94.7 cm³/mol. The molecule has 1 aromatic carbocycles. The first kappa shape index (κ1) is 16.8. The van der Waals surface area contributed by atoms with Crippen LogP contribution in [0.4, 0.5) is 0 Å². The minimum Gasteiger partial charge on any atom is -0.376 e. The highest BCUT2D eigenvalue weighted by Gasteiger charge is 2.31. The number of thioether (sulfide) groups is 1. The van der Waals surface area contributed by atoms with Crippen LogP contribution in [0.5, 0.6) is 0 Å². The van der Waals surface area contributed by atoms with Crippen molar-refractivity contribution in [3.63, 3.8) is 0 Å². The van der Waals surface area contributed by atoms with E-state index in [1.165, 1.54) is 0 Å². The van der Waals surface area contributed by atoms with Crippen molar-refractivity contribution in [3.05, 3.63) is 35.9 Å². The van der Waals surface area contributed by atoms with E-state index in [0.717, 1.165) is 49.6 Å². The second kappa shape index (κ2) is 8.18. The van der Waals surface area contributed by atoms with E-state index in [2.05, 4.69) is 29.3 Å². The molecule has 2 aliphatic heterocycles. The van der Waals surface area contributed by atoms with Gasteiger partial charge in [0, 0.05) is 31.2 Å². The van der Waals surface area contributed by atoms with Crippen LogP contribution in [0.15, 0.2) is 30.3 Å². The topological polar surface area (TPSA) is 41.6 Å². The Morgan fingerprint density at radius 1 is 1.30 bits per heavy atom. The van der Waals surface area contributed by atoms with E-state index in [1.54, 1.807) is 0 Å². The molecular formula is C18H26N2O2S. The van der Waals surface area contributed by atoms with Crippen molar-refractivity contribution in [1.29, 1.82) is 0 Å². The zero-order chi connectivity index (χ0) is 16.1. The summed E-state index contributed by atoms with van der Waals surface area (Å²) in [5.74, 6) is 2.29. The van der Waals surface area contributed by atoms with Gasteiger partial charge in [0.25, 0.3) is 0 Å². The fraction of sp³-hybridized carbons (Fsp3) is 0.611. The molecule has 0 spiro atoms. The Balaban J connectivity index is 1.72. The molecule has 3 unspecified atom stereocenters. The minimum absolute atomic E-state index is 0.0652. The molecule has 23 heavy (non-hydrogen) atoms. The SMILES string of the molecule is CC(NC(=O)C(c1ccccc1)N1CCSCC1)C1CCCO1. The van der Waals surface area contributed by atoms with Gasteiger partial charge in [-0.25, -0.2) is 0 Å². The Morgan fingerprint density at radius 3 is 2.70 bits per heavy atom. The molecule has 4 nitrogen and oxygen atoms in total. The predicted octanol–water partition coefficient (Wildman–Crippen LogP) is 2.46. The second-order valence-electron chi connectivity index (χ2n) is 6.31. The van der Waals surface area contributed by atoms with Crippen molar-refractivity contribution in [3.8, 4) is 0 Å². The summed E-state index contributed by atoms with van der Waals surface area (Å²) in [6.45, 7) is 4.80. The minimum atomic E-state index is -0.194. The first-order chi connectivity index (χ1) is 11.3. The van der Waals surface area contributed by atoms with Crippen molar-refractivity contribution >= 4 is 17.7 Å². The van der Waals surface area contributed by atoms with Gasteiger partial charge in [-0.3, -0.25) is 9.69 Å². The maximum absolute atomic E-state index is 13.0. The molecule has 3 atom stereocenters. The van der Waals surface area contributed by atoms with E-state index in [4.69, 9.17) is 4.74 Å². The Hall–Kier alpha value is -1.04. The number of carbonyl (C=O) groups is 1. The Bertz CT molecular complexity index is 499. The third kappa shape index (κ3) is 4.28. The molecule has 2 heterocycles. The Morgan fingerprint density at radius 2 is 2.04 bits per heavy atom. The van der Waals surface area contributed by atoms with E-state index in [-0.39, 0.29) is 24.1 Å². The molecule has 1 N–H and O–H groups in total. The van der Waals surface area contributed by atoms with Gasteiger partial charge in [0.15, 0.2) is 0 Å². The van der Waals surface area contributed by atoms with E-state index < -0.39 is 0 Å². The van der Waals surface area contributed by atoms with Gasteiger partial charge in [0.05, 0.1) is 12.1 Å². The fourth-order valence-electron chi connectivity index (χ4n) is 3.39. The molecule has 3 rings (SSSR count). The van der Waals surface area contributed by atoms with Crippen molar-refractivity contribution in [1.82, 2.24) is 10.2 Å². The number of rotatable bonds is 5. The lowest BCUT2D eigenvalue weighted by atomic mass is 10.0. The molecule has 2 saturated heterocycles. The van der Waals surface area contributed by atoms with Crippen LogP contribution in [-0.2, 0) is 9.53 Å². The maximum Gasteiger partial charge on any atom is 0.242 e. The first-order valence-electron chi connectivity index (χ1n) is 8.54. The summed E-state index contributed by atoms with van der Waals surface area (Å²) < 4.78 is 5.71. The normalized spacial score (nSPS) is 25.0. The summed E-state index contributed by atoms with van der Waals surface area (Å²) in [6.07, 6.45) is 2.29. The van der Waals surface area contributed by atoms with Crippen molar-refractivity contribution in [2.45, 2.75) is 38.0 Å². The van der Waals surface area contributed by atoms with Gasteiger partial charge in [-0.15, -0.1) is 0 Å². The van der Waals surface area contributed by atoms with Crippen LogP contribution in [0.1, 0.15) is 31.4 Å². The summed E-state index contributed by atoms with van der Waals surface area (Å²) >= 11 is 1.96. The lowest BCUT2D eigenvalue weighted by Gasteiger charge is -2.34. The highest BCUT2D eigenvalue weighted by Crippen LogP contribution is 2.25. The van der Waals surface area contributed by atoms with Crippen LogP contribution >= 0.6 is 11.8 Å². The Labute approximate surface area is 143 Å². The molecular weight excluding hydrogens is 308 g/mol. The van der Waals surface area contributed by atoms with Crippen LogP contribution in [-0.4, -0.2) is 54.2 Å². The molecule has 0 aliphatic carbocycles. The molecule has 0 aromatic heterocycles. The average Bonchev–Trinajstić information content (AvgIpc) is 3.12. The number of nitrogens with zero attached hydrogens (tertiary/aromatic N) is 1. The van der Waals surface area contributed by atoms with Crippen molar-refractivity contribution in [2.24, 2.45) is 0 Å². The number of carbonyl (C=O) groups excluding carboxylic acids is 1. The summed E-state index contributed by atoms with van der Waals surface area (Å²) in [4.78, 5) is 15.3. The third-order valence-electron chi connectivity index (χ3n) is 4.67. The Kier molecular flexibility index (Phi) is 5.97. The molecule has 0 bridgehead atoms. The first-order valence-corrected chi connectivity index (χ1v) is 9.70. The quantitative estimate of drug-likeness (QED) is 0.898. The zero-order valence-electron chi connectivity index (χ0n) is 13.7. The third-order valence-corrected chi connectivity index (χ3v) is 5.61. The van der Waals surface area contributed by atoms with E-state index in [9.17, 15) is 4.79 Å². The monoisotopic (exact) mass is 334 g/mol. The molecule has 2 aliphatic rings. The largest absolute Gasteiger partial charge is 0.376 e. The lowest BCUT2D eigenvalue weighted by Crippen LogP contribution is -2.49. The fourth-order valence-corrected chi connectivity index (χ4v) is 4.32. The summed E-state index contributed by atoms with van der Waals surface area (Å²) in [5.41, 5.74) is 1.08. The molecule has 2 fully saturated rings. The number of ether oxygens (including phenoxy) is 1. The molecule has 126 valence electrons. The smallest absolute Gasteiger partial charge is 0.242 e. The van der Waals surface area contributed by atoms with Gasteiger partial charge in [-0.05, 0) is 25.3 Å². The highest BCUT2D eigenvalue weighted by molar-refractivity contribution is 7.99. The molecule has 1 aromatic rings. The van der Waals surface area contributed by atoms with Gasteiger partial charge >= 0.3 is 0 Å². The van der Waals surface area contributed by atoms with Gasteiger partial charge in [0.1, 0.15) is 6.04 Å². The molecule has 5 heteroatoms. The van der Waals surface area contributed by atoms with Gasteiger partial charge in [-0.2, -0.15) is 11.8 Å². The maximum atomic E-state index is 13.0. The van der Waals surface area contributed by atoms with E-state index in [0.29, 0.717) is 0 Å². The van der Waals surface area contributed by atoms with Gasteiger partial charge in [0.2, 0.25) is 5.91 Å². The van der Waals surface area contributed by atoms with Crippen LogP contribution in [0.2, 0.25) is 0 Å². The summed E-state index contributed by atoms with van der Waals surface area (Å²) in [5, 5.41) is 3.21. The van der Waals surface area contributed by atoms with Crippen LogP contribution in [0.25, 0.3) is 0 Å². The molecule has 0 saturated carbocycles. The summed E-state index contributed by atoms with van der Waals surface area (Å²) in [6, 6.07) is 10.0. The second-order valence-corrected chi connectivity index (χ2v) is 7.54. The average molecular weight is 334 g/mol. The lowest BCUT2D eigenvalue weighted by molar-refractivity contribution is -0.128. The van der Waals surface area contributed by atoms with Crippen LogP contribution in [0, 0.1) is 0 Å². The van der Waals surface area contributed by atoms with Crippen LogP contribution < -0.4 is 5.32 Å². The molecule has 0 radical (unpaired) electrons. The molecule has 1 amide bonds. The number of amides is 1. The number of hydrogen-bond donors (Lipinski definition) is 1. The van der Waals surface area contributed by atoms with Crippen LogP contribution in [0.3, 0.4) is 0 Å². The number of hydrogen-bond acceptors (Lipinski definition) is 4.